The molecule has 0 aromatic heterocycles. The van der Waals surface area contributed by atoms with E-state index in [1.165, 1.54) is 29.2 Å². The molecular weight excluding hydrogens is 734 g/mol. The van der Waals surface area contributed by atoms with E-state index >= 15 is 13.2 Å². The van der Waals surface area contributed by atoms with Crippen LogP contribution in [0.15, 0.2) is 206 Å². The number of aryl methyl sites for hydroxylation is 1. The number of nitrogens with zero attached hydrogens (tertiary/aromatic N) is 2. The molecule has 0 bridgehead atoms. The summed E-state index contributed by atoms with van der Waals surface area (Å²) >= 11 is 0. The Hall–Kier alpha value is -7.37. The van der Waals surface area contributed by atoms with E-state index in [-0.39, 0.29) is 39.3 Å². The highest BCUT2D eigenvalue weighted by molar-refractivity contribution is 6.28. The lowest BCUT2D eigenvalue weighted by Crippen LogP contribution is -2.17. The van der Waals surface area contributed by atoms with Crippen LogP contribution in [0, 0.1) is 6.92 Å². The molecule has 59 heavy (non-hydrogen) atoms. The van der Waals surface area contributed by atoms with Crippen LogP contribution < -0.4 is 9.80 Å². The fourth-order valence-electron chi connectivity index (χ4n) is 7.58. The maximum absolute atomic E-state index is 15.8. The zero-order valence-electron chi connectivity index (χ0n) is 50.6. The van der Waals surface area contributed by atoms with Gasteiger partial charge < -0.3 is 9.80 Å². The van der Waals surface area contributed by atoms with Crippen LogP contribution >= 0.6 is 0 Å². The largest absolute Gasteiger partial charge is 0.418 e. The highest BCUT2D eigenvalue weighted by Gasteiger charge is 2.36. The molecule has 0 aliphatic heterocycles. The van der Waals surface area contributed by atoms with Gasteiger partial charge in [0.05, 0.1) is 50.0 Å². The van der Waals surface area contributed by atoms with Crippen LogP contribution in [0.4, 0.5) is 47.3 Å². The first-order valence-electron chi connectivity index (χ1n) is 28.0. The number of anilines is 6. The van der Waals surface area contributed by atoms with Crippen LogP contribution in [-0.4, -0.2) is 0 Å². The lowest BCUT2D eigenvalue weighted by molar-refractivity contribution is -0.137. The average molecular weight is 791 g/mol. The molecule has 10 aromatic carbocycles. The van der Waals surface area contributed by atoms with E-state index in [1.807, 2.05) is 0 Å². The Morgan fingerprint density at radius 1 is 0.407 bits per heavy atom. The molecule has 0 aliphatic carbocycles. The molecular formula is C54H37F3N2. The van der Waals surface area contributed by atoms with Gasteiger partial charge >= 0.3 is 6.18 Å². The fraction of sp³-hybridized carbons (Fsp3) is 0.0370. The Kier molecular flexibility index (Phi) is 5.01. The van der Waals surface area contributed by atoms with Crippen molar-refractivity contribution in [3.63, 3.8) is 0 Å². The predicted octanol–water partition coefficient (Wildman–Crippen LogP) is 16.2. The summed E-state index contributed by atoms with van der Waals surface area (Å²) in [6, 6.07) is 5.69. The van der Waals surface area contributed by atoms with Gasteiger partial charge in [0, 0.05) is 27.8 Å². The quantitative estimate of drug-likeness (QED) is 0.141. The Bertz CT molecular complexity index is 4180. The van der Waals surface area contributed by atoms with E-state index in [9.17, 15) is 2.74 Å². The lowest BCUT2D eigenvalue weighted by atomic mass is 9.91. The molecule has 2 nitrogen and oxygen atoms in total. The van der Waals surface area contributed by atoms with Gasteiger partial charge in [-0.2, -0.15) is 13.2 Å². The first-order chi connectivity index (χ1) is 37.1. The summed E-state index contributed by atoms with van der Waals surface area (Å²) in [6.45, 7) is 1.62. The SMILES string of the molecule is [2H]c1c([2H])c([2H])c(-c2ccc(N(c3c([2H])c([2H])c([2H])c([2H])c3[2H])c3ccc4ccc5c(N(c6ccc(-c7c([2H])c([2H])c([2H])c([2H])c7[2H])cc6C(F)(F)F)c6c([2H])c([2H])c([2H])c([2H])c6[2H])ccc6ccc3c4c65)c(C)c2)c([2H])c1[2H]. The predicted molar refractivity (Wildman–Crippen MR) is 240 cm³/mol. The topological polar surface area (TPSA) is 6.48 Å². The fourth-order valence-corrected chi connectivity index (χ4v) is 7.58. The first-order valence-corrected chi connectivity index (χ1v) is 18.0. The van der Waals surface area contributed by atoms with Crippen LogP contribution in [0.25, 0.3) is 54.6 Å². The van der Waals surface area contributed by atoms with Gasteiger partial charge in [-0.05, 0) is 117 Å². The second kappa shape index (κ2) is 14.5. The van der Waals surface area contributed by atoms with Crippen LogP contribution in [0.1, 0.15) is 38.5 Å². The lowest BCUT2D eigenvalue weighted by Gasteiger charge is -2.31. The summed E-state index contributed by atoms with van der Waals surface area (Å²) < 4.78 is 219. The van der Waals surface area contributed by atoms with Crippen LogP contribution in [0.5, 0.6) is 0 Å². The van der Waals surface area contributed by atoms with Gasteiger partial charge in [-0.25, -0.2) is 0 Å². The second-order valence-electron chi connectivity index (χ2n) is 13.4. The van der Waals surface area contributed by atoms with E-state index in [0.29, 0.717) is 38.6 Å². The van der Waals surface area contributed by atoms with E-state index < -0.39 is 155 Å². The summed E-state index contributed by atoms with van der Waals surface area (Å²) in [4.78, 5) is 2.31. The van der Waals surface area contributed by atoms with Gasteiger partial charge in [0.1, 0.15) is 0 Å². The van der Waals surface area contributed by atoms with Crippen molar-refractivity contribution in [2.24, 2.45) is 0 Å². The third-order valence-electron chi connectivity index (χ3n) is 10.1. The molecule has 284 valence electrons. The number of alkyl halides is 3. The molecule has 5 heteroatoms. The van der Waals surface area contributed by atoms with Crippen molar-refractivity contribution < 1.29 is 40.6 Å². The zero-order chi connectivity index (χ0) is 57.5. The standard InChI is InChI=1S/C54H37F3N2/c1-36-34-41(37-14-6-2-7-15-37)26-30-48(36)58(43-18-10-4-11-19-43)49-31-24-39-23-29-46-50(32-25-40-22-28-45(49)52(39)53(40)46)59(44-20-12-5-13-21-44)51-33-27-42(35-47(51)54(55,56)57)38-16-8-3-9-17-38/h2-35H,1H3/i2D,3D,4D,5D,6D,7D,8D,9D,10D,11D,12D,13D,14D,15D,16D,17D,18D,19D,20D,21D. The molecule has 0 amide bonds. The van der Waals surface area contributed by atoms with Gasteiger partial charge in [-0.1, -0.05) is 145 Å². The van der Waals surface area contributed by atoms with E-state index in [4.69, 9.17) is 24.7 Å². The normalized spacial score (nSPS) is 16.5. The molecule has 0 fully saturated rings. The van der Waals surface area contributed by atoms with Crippen molar-refractivity contribution in [1.29, 1.82) is 0 Å². The molecule has 0 saturated heterocycles. The molecule has 0 N–H and O–H groups in total. The summed E-state index contributed by atoms with van der Waals surface area (Å²) in [5.74, 6) is 0. The Morgan fingerprint density at radius 2 is 0.797 bits per heavy atom. The minimum atomic E-state index is -5.30. The number of para-hydroxylation sites is 2. The molecule has 0 radical (unpaired) electrons. The molecule has 0 saturated carbocycles. The Morgan fingerprint density at radius 3 is 1.25 bits per heavy atom. The van der Waals surface area contributed by atoms with Gasteiger partial charge in [-0.15, -0.1) is 0 Å². The summed E-state index contributed by atoms with van der Waals surface area (Å²) in [5, 5.41) is 2.37. The number of rotatable bonds is 8. The van der Waals surface area contributed by atoms with Crippen molar-refractivity contribution in [2.75, 3.05) is 9.80 Å². The minimum absolute atomic E-state index is 0.112. The monoisotopic (exact) mass is 790 g/mol. The van der Waals surface area contributed by atoms with E-state index in [1.54, 1.807) is 49.4 Å². The maximum atomic E-state index is 15.8. The Labute approximate surface area is 369 Å². The molecule has 10 aromatic rings. The van der Waals surface area contributed by atoms with Crippen LogP contribution in [0.3, 0.4) is 0 Å². The minimum Gasteiger partial charge on any atom is -0.310 e. The number of hydrogen-bond acceptors (Lipinski definition) is 2. The van der Waals surface area contributed by atoms with Crippen molar-refractivity contribution in [3.05, 3.63) is 217 Å². The summed E-state index contributed by atoms with van der Waals surface area (Å²) in [7, 11) is 0. The smallest absolute Gasteiger partial charge is 0.310 e. The zero-order valence-corrected chi connectivity index (χ0v) is 30.6. The van der Waals surface area contributed by atoms with Crippen molar-refractivity contribution >= 4 is 66.4 Å². The third kappa shape index (κ3) is 6.41. The van der Waals surface area contributed by atoms with Gasteiger partial charge in [0.2, 0.25) is 0 Å². The highest BCUT2D eigenvalue weighted by atomic mass is 19.4. The number of halogens is 3. The van der Waals surface area contributed by atoms with E-state index in [2.05, 4.69) is 0 Å². The van der Waals surface area contributed by atoms with Crippen molar-refractivity contribution in [2.45, 2.75) is 13.1 Å². The number of benzene rings is 10. The van der Waals surface area contributed by atoms with Crippen molar-refractivity contribution in [3.8, 4) is 22.3 Å². The molecule has 10 rings (SSSR count). The van der Waals surface area contributed by atoms with Gasteiger partial charge in [-0.3, -0.25) is 0 Å². The highest BCUT2D eigenvalue weighted by Crippen LogP contribution is 2.50. The van der Waals surface area contributed by atoms with E-state index in [0.717, 1.165) is 17.0 Å². The maximum Gasteiger partial charge on any atom is 0.418 e. The second-order valence-corrected chi connectivity index (χ2v) is 13.4. The molecule has 0 aliphatic rings. The molecule has 0 atom stereocenters. The molecule has 0 unspecified atom stereocenters. The molecule has 0 heterocycles. The van der Waals surface area contributed by atoms with Gasteiger partial charge in [0.25, 0.3) is 0 Å². The van der Waals surface area contributed by atoms with Crippen LogP contribution in [0.2, 0.25) is 0 Å². The Balaban J connectivity index is 1.28. The first kappa shape index (κ1) is 20.4. The van der Waals surface area contributed by atoms with Crippen LogP contribution in [-0.2, 0) is 6.18 Å². The average Bonchev–Trinajstić information content (AvgIpc) is 2.94. The van der Waals surface area contributed by atoms with Gasteiger partial charge in [0.15, 0.2) is 0 Å². The summed E-state index contributed by atoms with van der Waals surface area (Å²) in [6.07, 6.45) is -5.30. The third-order valence-corrected chi connectivity index (χ3v) is 10.1. The summed E-state index contributed by atoms with van der Waals surface area (Å²) in [5.41, 5.74) is -3.46. The molecule has 0 spiro atoms. The van der Waals surface area contributed by atoms with Crippen molar-refractivity contribution in [1.82, 2.24) is 0 Å². The number of hydrogen-bond donors (Lipinski definition) is 0.